The summed E-state index contributed by atoms with van der Waals surface area (Å²) in [6.45, 7) is 0. The lowest BCUT2D eigenvalue weighted by molar-refractivity contribution is 0.441. The van der Waals surface area contributed by atoms with Crippen molar-refractivity contribution in [3.05, 3.63) is 218 Å². The highest BCUT2D eigenvalue weighted by atomic mass is 35.7. The number of ether oxygens (including phenoxy) is 3. The largest absolute Gasteiger partial charge is 0.749 e. The molecule has 0 fully saturated rings. The number of benzene rings is 7. The molecule has 87 heavy (non-hydrogen) atoms. The topological polar surface area (TPSA) is 237 Å². The van der Waals surface area contributed by atoms with Crippen molar-refractivity contribution in [2.45, 2.75) is 24.6 Å². The first-order valence-electron chi connectivity index (χ1n) is 23.5. The van der Waals surface area contributed by atoms with Gasteiger partial charge < -0.3 is 24.5 Å². The van der Waals surface area contributed by atoms with Gasteiger partial charge in [-0.15, -0.1) is 15.3 Å². The summed E-state index contributed by atoms with van der Waals surface area (Å²) in [6, 6.07) is 42.8. The highest BCUT2D eigenvalue weighted by molar-refractivity contribution is 8.13. The first-order valence-corrected chi connectivity index (χ1v) is 30.8. The molecule has 462 valence electrons. The molecule has 1 atom stereocenters. The molecule has 7 aromatic carbocycles. The molecule has 3 N–H and O–H groups in total. The normalized spacial score (nSPS) is 11.0. The molecule has 0 aliphatic rings. The van der Waals surface area contributed by atoms with Crippen molar-refractivity contribution < 1.29 is 52.3 Å². The molecule has 0 saturated heterocycles. The number of nitrogens with two attached hydrogens (primary N) is 1. The summed E-state index contributed by atoms with van der Waals surface area (Å²) in [4.78, 5) is -0.664. The molecule has 1 unspecified atom stereocenters. The third-order valence-electron chi connectivity index (χ3n) is 10.6. The molecule has 0 bridgehead atoms. The van der Waals surface area contributed by atoms with E-state index in [1.54, 1.807) is 85.9 Å². The Balaban J connectivity index is 0.000000253. The number of hydrogen-bond acceptors (Lipinski definition) is 14. The van der Waals surface area contributed by atoms with E-state index in [0.29, 0.717) is 27.2 Å². The lowest BCUT2D eigenvalue weighted by atomic mass is 10.1. The number of halogens is 10. The van der Waals surface area contributed by atoms with Crippen molar-refractivity contribution >= 4 is 134 Å². The highest BCUT2D eigenvalue weighted by Crippen LogP contribution is 2.41. The van der Waals surface area contributed by atoms with Gasteiger partial charge in [0.2, 0.25) is 17.6 Å². The van der Waals surface area contributed by atoms with Crippen molar-refractivity contribution in [1.29, 1.82) is 0 Å². The monoisotopic (exact) mass is 1410 g/mol. The van der Waals surface area contributed by atoms with Crippen LogP contribution in [0.25, 0.3) is 22.3 Å². The molecule has 10 aromatic rings. The van der Waals surface area contributed by atoms with Gasteiger partial charge in [-0.25, -0.2) is 29.8 Å². The van der Waals surface area contributed by atoms with Crippen LogP contribution in [0.2, 0.25) is 30.1 Å². The molecule has 0 amide bonds. The zero-order valence-corrected chi connectivity index (χ0v) is 52.1. The summed E-state index contributed by atoms with van der Waals surface area (Å²) in [5, 5.41) is 13.3. The van der Waals surface area contributed by atoms with Gasteiger partial charge in [0.25, 0.3) is 19.1 Å². The maximum Gasteiger partial charge on any atom is 0.265 e. The molecule has 3 aromatic heterocycles. The number of aryl methyl sites for hydroxylation is 3. The number of sulfonamides is 1. The Morgan fingerprint density at radius 2 is 0.943 bits per heavy atom. The van der Waals surface area contributed by atoms with Crippen LogP contribution in [0.4, 0.5) is 20.2 Å². The summed E-state index contributed by atoms with van der Waals surface area (Å²) in [6.07, 6.45) is 5.04. The molecule has 0 radical (unpaired) electrons. The van der Waals surface area contributed by atoms with E-state index in [4.69, 9.17) is 109 Å². The Bertz CT molecular complexity index is 4180. The Kier molecular flexibility index (Phi) is 28.1. The van der Waals surface area contributed by atoms with Crippen LogP contribution >= 0.6 is 92.2 Å². The standard InChI is InChI=1S/C22H16Cl2FN3O3S.C12H10FN.C10H7Cl3N2O3S.C10H8Cl2N2O.2CH4.ClHO3S/c1-28-10-9-21(26-28)31-22-17(24)12-16(23)13-20(22)32(29,30)27-19-11-15(7-8-18(19)25)14-5-3-2-4-6-14;13-11-7-6-10(8-12(11)14)9-4-2-1-3-5-9;1-15-3-2-9(14-15)18-10-7(12)4-6(11)5-8(10)19(13,16)17;1-14-5-4-10(13-14)15-9-3-2-7(11)6-8(9)12;;;1-4-5(2)3/h2-13,27H,1H3;1-8H,14H2;2-5H,1H3;2-6H,1H3;2*1H4;(H,2,3)/p-1. The molecular weight excluding hydrogens is 1360 g/mol. The van der Waals surface area contributed by atoms with Gasteiger partial charge in [-0.05, 0) is 89.0 Å². The second-order valence-electron chi connectivity index (χ2n) is 16.8. The third kappa shape index (κ3) is 22.1. The molecule has 3 heterocycles. The van der Waals surface area contributed by atoms with Crippen molar-refractivity contribution in [2.75, 3.05) is 10.5 Å². The zero-order valence-electron chi connectivity index (χ0n) is 43.6. The number of anilines is 2. The van der Waals surface area contributed by atoms with E-state index in [-0.39, 0.29) is 85.2 Å². The van der Waals surface area contributed by atoms with Gasteiger partial charge in [0.1, 0.15) is 38.5 Å². The van der Waals surface area contributed by atoms with E-state index in [0.717, 1.165) is 22.8 Å². The maximum atomic E-state index is 14.5. The molecule has 0 aliphatic heterocycles. The van der Waals surface area contributed by atoms with Crippen LogP contribution < -0.4 is 24.7 Å². The summed E-state index contributed by atoms with van der Waals surface area (Å²) >= 11 is 37.3. The van der Waals surface area contributed by atoms with Crippen LogP contribution in [0.3, 0.4) is 0 Å². The number of aromatic nitrogens is 6. The number of nitrogens with one attached hydrogen (secondary N) is 1. The van der Waals surface area contributed by atoms with E-state index >= 15 is 0 Å². The number of rotatable bonds is 13. The predicted octanol–water partition coefficient (Wildman–Crippen LogP) is 17.4. The van der Waals surface area contributed by atoms with Gasteiger partial charge in [-0.1, -0.05) is 157 Å². The van der Waals surface area contributed by atoms with Crippen molar-refractivity contribution in [3.8, 4) is 57.1 Å². The minimum Gasteiger partial charge on any atom is -0.749 e. The van der Waals surface area contributed by atoms with Crippen LogP contribution in [-0.4, -0.2) is 54.9 Å². The summed E-state index contributed by atoms with van der Waals surface area (Å²) in [5.41, 5.74) is 8.86. The Morgan fingerprint density at radius 3 is 1.36 bits per heavy atom. The van der Waals surface area contributed by atoms with Crippen LogP contribution in [0.5, 0.6) is 34.9 Å². The average molecular weight is 1410 g/mol. The second kappa shape index (κ2) is 33.6. The number of nitrogen functional groups attached to an aromatic ring is 1. The van der Waals surface area contributed by atoms with Gasteiger partial charge in [-0.3, -0.25) is 18.8 Å². The van der Waals surface area contributed by atoms with E-state index in [1.807, 2.05) is 67.7 Å². The van der Waals surface area contributed by atoms with Crippen molar-refractivity contribution in [3.63, 3.8) is 0 Å². The van der Waals surface area contributed by atoms with Gasteiger partial charge >= 0.3 is 0 Å². The molecule has 10 rings (SSSR count). The third-order valence-corrected chi connectivity index (χ3v) is 15.2. The van der Waals surface area contributed by atoms with Gasteiger partial charge in [-0.2, -0.15) is 3.74 Å². The molecular formula is C56H49Cl8F2N8O10S3-. The van der Waals surface area contributed by atoms with Crippen LogP contribution in [0.1, 0.15) is 14.9 Å². The van der Waals surface area contributed by atoms with Crippen molar-refractivity contribution in [2.24, 2.45) is 21.1 Å². The highest BCUT2D eigenvalue weighted by Gasteiger charge is 2.26. The Labute approximate surface area is 542 Å². The van der Waals surface area contributed by atoms with Crippen LogP contribution in [-0.2, 0) is 55.3 Å². The van der Waals surface area contributed by atoms with Gasteiger partial charge in [0.15, 0.2) is 11.5 Å². The summed E-state index contributed by atoms with van der Waals surface area (Å²) in [5.74, 6) is -0.0416. The molecule has 0 aliphatic carbocycles. The fourth-order valence-corrected chi connectivity index (χ4v) is 10.8. The average Bonchev–Trinajstić information content (AvgIpc) is 1.96. The maximum absolute atomic E-state index is 14.5. The van der Waals surface area contributed by atoms with Crippen LogP contribution in [0.15, 0.2) is 186 Å². The Hall–Kier alpha value is -6.68. The lowest BCUT2D eigenvalue weighted by Gasteiger charge is -2.15. The van der Waals surface area contributed by atoms with E-state index in [9.17, 15) is 25.6 Å². The van der Waals surface area contributed by atoms with Gasteiger partial charge in [0, 0.05) is 83.7 Å². The minimum atomic E-state index is -4.34. The Morgan fingerprint density at radius 1 is 0.529 bits per heavy atom. The van der Waals surface area contributed by atoms with Gasteiger partial charge in [0.05, 0.1) is 38.3 Å². The molecule has 31 heteroatoms. The van der Waals surface area contributed by atoms with E-state index in [2.05, 4.69) is 35.6 Å². The SMILES string of the molecule is C.C.Cn1ccc(Oc2c(Cl)cc(Cl)cc2S(=O)(=O)Cl)n1.Cn1ccc(Oc2c(Cl)cc(Cl)cc2S(=O)(=O)Nc2cc(-c3ccccc3)ccc2F)n1.Cn1ccc(Oc2ccc(Cl)cc2Cl)n1.Nc1cc(-c2ccccc2)ccc1F.O=S([O-])OCl. The lowest BCUT2D eigenvalue weighted by Crippen LogP contribution is -2.15. The predicted molar refractivity (Wildman–Crippen MR) is 340 cm³/mol. The minimum absolute atomic E-state index is 0. The fourth-order valence-electron chi connectivity index (χ4n) is 6.84. The molecule has 0 saturated carbocycles. The molecule has 0 spiro atoms. The fraction of sp³-hybridized carbons (Fsp3) is 0.0893. The van der Waals surface area contributed by atoms with E-state index in [1.165, 1.54) is 51.8 Å². The first-order chi connectivity index (χ1) is 40.2. The number of nitrogens with zero attached hydrogens (tertiary/aromatic N) is 6. The summed E-state index contributed by atoms with van der Waals surface area (Å²) in [7, 11) is 2.12. The smallest absolute Gasteiger partial charge is 0.265 e. The van der Waals surface area contributed by atoms with Crippen molar-refractivity contribution in [1.82, 2.24) is 29.3 Å². The number of hydrogen-bond donors (Lipinski definition) is 2. The zero-order chi connectivity index (χ0) is 62.2. The second-order valence-corrected chi connectivity index (χ2v) is 24.4. The van der Waals surface area contributed by atoms with E-state index < -0.39 is 36.3 Å². The summed E-state index contributed by atoms with van der Waals surface area (Å²) < 4.78 is 121. The van der Waals surface area contributed by atoms with Crippen LogP contribution in [0, 0.1) is 11.6 Å². The first kappa shape index (κ1) is 72.8. The quantitative estimate of drug-likeness (QED) is 0.0620. The molecule has 18 nitrogen and oxygen atoms in total.